The lowest BCUT2D eigenvalue weighted by Gasteiger charge is -2.30. The smallest absolute Gasteiger partial charge is 0.261 e. The van der Waals surface area contributed by atoms with Crippen molar-refractivity contribution in [3.05, 3.63) is 60.4 Å². The fraction of sp³-hybridized carbons (Fsp3) is 0.348. The van der Waals surface area contributed by atoms with Gasteiger partial charge in [0.2, 0.25) is 15.9 Å². The first-order valence-electron chi connectivity index (χ1n) is 10.9. The number of sulfonamides is 1. The van der Waals surface area contributed by atoms with Crippen molar-refractivity contribution in [2.45, 2.75) is 37.6 Å². The van der Waals surface area contributed by atoms with Gasteiger partial charge in [-0.15, -0.1) is 0 Å². The minimum absolute atomic E-state index is 0.250. The van der Waals surface area contributed by atoms with Crippen LogP contribution in [0.25, 0.3) is 11.0 Å². The van der Waals surface area contributed by atoms with E-state index in [0.29, 0.717) is 12.8 Å². The maximum atomic E-state index is 12.8. The van der Waals surface area contributed by atoms with Gasteiger partial charge in [-0.3, -0.25) is 20.4 Å². The van der Waals surface area contributed by atoms with Crippen LogP contribution >= 0.6 is 0 Å². The van der Waals surface area contributed by atoms with Gasteiger partial charge in [0, 0.05) is 19.0 Å². The molecule has 1 unspecified atom stereocenters. The van der Waals surface area contributed by atoms with Gasteiger partial charge in [0.05, 0.1) is 22.3 Å². The highest BCUT2D eigenvalue weighted by Crippen LogP contribution is 2.24. The van der Waals surface area contributed by atoms with Crippen LogP contribution in [0.5, 0.6) is 0 Å². The summed E-state index contributed by atoms with van der Waals surface area (Å²) in [5.41, 5.74) is 7.58. The molecule has 1 aromatic heterocycles. The zero-order valence-electron chi connectivity index (χ0n) is 18.6. The van der Waals surface area contributed by atoms with Gasteiger partial charge in [-0.25, -0.2) is 13.4 Å². The van der Waals surface area contributed by atoms with E-state index in [9.17, 15) is 18.0 Å². The Kier molecular flexibility index (Phi) is 6.48. The molecule has 1 atom stereocenters. The maximum absolute atomic E-state index is 12.8. The standard InChI is InChI=1S/C23H27N5O4S/c1-16-7-9-19(10-8-16)33(31,32)27-13-11-18(12-14-27)23(30)26-25-22(29)17(2)28-15-24-20-5-3-4-6-21(20)28/h3-10,15,17-18H,11-14H2,1-2H3,(H,25,29)(H,26,30). The Morgan fingerprint density at radius 2 is 1.70 bits per heavy atom. The van der Waals surface area contributed by atoms with Crippen molar-refractivity contribution >= 4 is 32.9 Å². The quantitative estimate of drug-likeness (QED) is 0.556. The summed E-state index contributed by atoms with van der Waals surface area (Å²) in [4.78, 5) is 29.7. The highest BCUT2D eigenvalue weighted by molar-refractivity contribution is 7.89. The van der Waals surface area contributed by atoms with Gasteiger partial charge in [-0.1, -0.05) is 29.8 Å². The van der Waals surface area contributed by atoms with Crippen LogP contribution in [0, 0.1) is 12.8 Å². The van der Waals surface area contributed by atoms with E-state index in [1.54, 1.807) is 42.1 Å². The number of carbonyl (C=O) groups excluding carboxylic acids is 2. The normalized spacial score (nSPS) is 16.4. The number of rotatable bonds is 5. The number of piperidine rings is 1. The van der Waals surface area contributed by atoms with Gasteiger partial charge in [-0.2, -0.15) is 4.31 Å². The van der Waals surface area contributed by atoms with Crippen LogP contribution < -0.4 is 10.9 Å². The van der Waals surface area contributed by atoms with E-state index in [0.717, 1.165) is 16.6 Å². The van der Waals surface area contributed by atoms with Crippen molar-refractivity contribution < 1.29 is 18.0 Å². The summed E-state index contributed by atoms with van der Waals surface area (Å²) in [5.74, 6) is -1.07. The second-order valence-electron chi connectivity index (χ2n) is 8.29. The van der Waals surface area contributed by atoms with Crippen LogP contribution in [0.3, 0.4) is 0 Å². The number of hydrogen-bond donors (Lipinski definition) is 2. The van der Waals surface area contributed by atoms with E-state index in [1.807, 2.05) is 31.2 Å². The largest absolute Gasteiger partial charge is 0.318 e. The van der Waals surface area contributed by atoms with Gasteiger partial charge in [0.15, 0.2) is 0 Å². The van der Waals surface area contributed by atoms with E-state index >= 15 is 0 Å². The molecule has 1 fully saturated rings. The summed E-state index contributed by atoms with van der Waals surface area (Å²) < 4.78 is 28.8. The van der Waals surface area contributed by atoms with Gasteiger partial charge < -0.3 is 4.57 Å². The average Bonchev–Trinajstić information content (AvgIpc) is 3.26. The second-order valence-corrected chi connectivity index (χ2v) is 10.2. The molecule has 1 aliphatic heterocycles. The Morgan fingerprint density at radius 1 is 1.03 bits per heavy atom. The summed E-state index contributed by atoms with van der Waals surface area (Å²) >= 11 is 0. The van der Waals surface area contributed by atoms with Crippen molar-refractivity contribution in [3.8, 4) is 0 Å². The van der Waals surface area contributed by atoms with E-state index < -0.39 is 16.1 Å². The Morgan fingerprint density at radius 3 is 2.39 bits per heavy atom. The molecule has 0 saturated carbocycles. The van der Waals surface area contributed by atoms with Crippen molar-refractivity contribution in [1.29, 1.82) is 0 Å². The molecular formula is C23H27N5O4S. The van der Waals surface area contributed by atoms with Gasteiger partial charge >= 0.3 is 0 Å². The summed E-state index contributed by atoms with van der Waals surface area (Å²) in [6.45, 7) is 4.13. The van der Waals surface area contributed by atoms with Crippen LogP contribution in [0.1, 0.15) is 31.4 Å². The molecule has 0 aliphatic carbocycles. The Balaban J connectivity index is 1.30. The van der Waals surface area contributed by atoms with Crippen LogP contribution in [0.2, 0.25) is 0 Å². The molecular weight excluding hydrogens is 442 g/mol. The van der Waals surface area contributed by atoms with Crippen molar-refractivity contribution in [2.75, 3.05) is 13.1 Å². The van der Waals surface area contributed by atoms with Crippen molar-refractivity contribution in [3.63, 3.8) is 0 Å². The van der Waals surface area contributed by atoms with Crippen molar-refractivity contribution in [2.24, 2.45) is 5.92 Å². The molecule has 2 N–H and O–H groups in total. The molecule has 0 radical (unpaired) electrons. The third-order valence-corrected chi connectivity index (χ3v) is 7.98. The topological polar surface area (TPSA) is 113 Å². The van der Waals surface area contributed by atoms with E-state index in [4.69, 9.17) is 0 Å². The van der Waals surface area contributed by atoms with E-state index in [-0.39, 0.29) is 35.7 Å². The summed E-state index contributed by atoms with van der Waals surface area (Å²) in [6.07, 6.45) is 2.37. The number of benzene rings is 2. The first-order valence-corrected chi connectivity index (χ1v) is 12.3. The maximum Gasteiger partial charge on any atom is 0.261 e. The first-order chi connectivity index (χ1) is 15.8. The van der Waals surface area contributed by atoms with Crippen LogP contribution in [-0.2, 0) is 19.6 Å². The number of carbonyl (C=O) groups is 2. The summed E-state index contributed by atoms with van der Waals surface area (Å²) in [7, 11) is -3.58. The average molecular weight is 470 g/mol. The van der Waals surface area contributed by atoms with Crippen LogP contribution in [-0.4, -0.2) is 47.2 Å². The lowest BCUT2D eigenvalue weighted by Crippen LogP contribution is -2.49. The van der Waals surface area contributed by atoms with Gasteiger partial charge in [0.1, 0.15) is 6.04 Å². The lowest BCUT2D eigenvalue weighted by molar-refractivity contribution is -0.133. The monoisotopic (exact) mass is 469 g/mol. The predicted octanol–water partition coefficient (Wildman–Crippen LogP) is 2.15. The number of para-hydroxylation sites is 2. The van der Waals surface area contributed by atoms with Gasteiger partial charge in [-0.05, 0) is 51.0 Å². The number of imidazole rings is 1. The fourth-order valence-electron chi connectivity index (χ4n) is 3.96. The van der Waals surface area contributed by atoms with Crippen LogP contribution in [0.15, 0.2) is 59.8 Å². The molecule has 9 nitrogen and oxygen atoms in total. The van der Waals surface area contributed by atoms with E-state index in [1.165, 1.54) is 4.31 Å². The predicted molar refractivity (Wildman–Crippen MR) is 123 cm³/mol. The molecule has 0 bridgehead atoms. The molecule has 1 aliphatic rings. The Bertz CT molecular complexity index is 1260. The zero-order chi connectivity index (χ0) is 23.6. The molecule has 4 rings (SSSR count). The number of fused-ring (bicyclic) bond motifs is 1. The first kappa shape index (κ1) is 22.9. The number of aromatic nitrogens is 2. The summed E-state index contributed by atoms with van der Waals surface area (Å²) in [5, 5.41) is 0. The number of hydrazine groups is 1. The second kappa shape index (κ2) is 9.32. The fourth-order valence-corrected chi connectivity index (χ4v) is 5.43. The molecule has 1 saturated heterocycles. The molecule has 174 valence electrons. The SMILES string of the molecule is Cc1ccc(S(=O)(=O)N2CCC(C(=O)NNC(=O)C(C)n3cnc4ccccc43)CC2)cc1. The molecule has 10 heteroatoms. The Labute approximate surface area is 192 Å². The molecule has 2 aromatic carbocycles. The molecule has 0 spiro atoms. The lowest BCUT2D eigenvalue weighted by atomic mass is 9.98. The molecule has 33 heavy (non-hydrogen) atoms. The Hall–Kier alpha value is -3.24. The third-order valence-electron chi connectivity index (χ3n) is 6.07. The molecule has 2 amide bonds. The number of nitrogens with one attached hydrogen (secondary N) is 2. The molecule has 3 aromatic rings. The minimum atomic E-state index is -3.58. The minimum Gasteiger partial charge on any atom is -0.318 e. The van der Waals surface area contributed by atoms with Crippen LogP contribution in [0.4, 0.5) is 0 Å². The third kappa shape index (κ3) is 4.76. The number of aryl methyl sites for hydroxylation is 1. The van der Waals surface area contributed by atoms with E-state index in [2.05, 4.69) is 15.8 Å². The highest BCUT2D eigenvalue weighted by Gasteiger charge is 2.32. The van der Waals surface area contributed by atoms with Gasteiger partial charge in [0.25, 0.3) is 5.91 Å². The number of hydrogen-bond acceptors (Lipinski definition) is 5. The zero-order valence-corrected chi connectivity index (χ0v) is 19.4. The number of amides is 2. The van der Waals surface area contributed by atoms with Crippen molar-refractivity contribution in [1.82, 2.24) is 24.7 Å². The summed E-state index contributed by atoms with van der Waals surface area (Å²) in [6, 6.07) is 13.7. The molecule has 2 heterocycles. The highest BCUT2D eigenvalue weighted by atomic mass is 32.2. The number of nitrogens with zero attached hydrogens (tertiary/aromatic N) is 3.